The van der Waals surface area contributed by atoms with E-state index < -0.39 is 0 Å². The lowest BCUT2D eigenvalue weighted by atomic mass is 9.80. The second-order valence-electron chi connectivity index (χ2n) is 7.04. The highest BCUT2D eigenvalue weighted by Gasteiger charge is 2.48. The first kappa shape index (κ1) is 16.1. The lowest BCUT2D eigenvalue weighted by Gasteiger charge is -2.13. The molecule has 1 heterocycles. The van der Waals surface area contributed by atoms with Crippen LogP contribution < -0.4 is 0 Å². The Bertz CT molecular complexity index is 743. The zero-order valence-corrected chi connectivity index (χ0v) is 14.3. The van der Waals surface area contributed by atoms with Gasteiger partial charge in [0.2, 0.25) is 5.69 Å². The van der Waals surface area contributed by atoms with Crippen molar-refractivity contribution >= 4 is 22.2 Å². The topological polar surface area (TPSA) is 23.2 Å². The Labute approximate surface area is 139 Å². The van der Waals surface area contributed by atoms with Gasteiger partial charge in [-0.1, -0.05) is 30.7 Å². The molecule has 0 spiro atoms. The van der Waals surface area contributed by atoms with Crippen LogP contribution in [-0.2, 0) is 5.41 Å². The molecule has 2 heteroatoms. The Morgan fingerprint density at radius 1 is 1.00 bits per heavy atom. The predicted octanol–water partition coefficient (Wildman–Crippen LogP) is 4.60. The van der Waals surface area contributed by atoms with Gasteiger partial charge in [-0.2, -0.15) is 4.58 Å². The van der Waals surface area contributed by atoms with Crippen molar-refractivity contribution in [2.45, 2.75) is 44.9 Å². The number of unbranched alkanes of at least 4 members (excludes halogenated alkanes) is 3. The average molecular weight is 309 g/mol. The lowest BCUT2D eigenvalue weighted by Crippen LogP contribution is -2.27. The van der Waals surface area contributed by atoms with E-state index in [1.165, 1.54) is 27.7 Å². The van der Waals surface area contributed by atoms with Crippen LogP contribution >= 0.6 is 0 Å². The number of aliphatic hydroxyl groups is 1. The number of fused-ring (bicyclic) bond motifs is 3. The molecule has 0 bridgehead atoms. The van der Waals surface area contributed by atoms with Crippen LogP contribution in [0.1, 0.15) is 45.1 Å². The van der Waals surface area contributed by atoms with Crippen LogP contribution in [0.25, 0.3) is 10.8 Å². The van der Waals surface area contributed by atoms with Gasteiger partial charge in [-0.15, -0.1) is 0 Å². The molecule has 3 rings (SSSR count). The number of aliphatic hydroxyl groups excluding tert-OH is 1. The van der Waals surface area contributed by atoms with Gasteiger partial charge < -0.3 is 5.11 Å². The second kappa shape index (κ2) is 6.37. The molecule has 0 amide bonds. The van der Waals surface area contributed by atoms with E-state index in [9.17, 15) is 0 Å². The summed E-state index contributed by atoms with van der Waals surface area (Å²) in [6, 6.07) is 13.1. The molecule has 0 atom stereocenters. The minimum absolute atomic E-state index is 0.0265. The van der Waals surface area contributed by atoms with Gasteiger partial charge in [0.25, 0.3) is 0 Å². The van der Waals surface area contributed by atoms with Crippen molar-refractivity contribution < 1.29 is 9.68 Å². The van der Waals surface area contributed by atoms with Gasteiger partial charge in [-0.25, -0.2) is 0 Å². The zero-order valence-electron chi connectivity index (χ0n) is 14.3. The molecule has 1 aliphatic rings. The van der Waals surface area contributed by atoms with E-state index in [1.54, 1.807) is 0 Å². The summed E-state index contributed by atoms with van der Waals surface area (Å²) < 4.78 is 2.40. The maximum atomic E-state index is 8.89. The zero-order chi connectivity index (χ0) is 16.4. The smallest absolute Gasteiger partial charge is 0.341 e. The van der Waals surface area contributed by atoms with Crippen molar-refractivity contribution in [2.75, 3.05) is 13.2 Å². The van der Waals surface area contributed by atoms with E-state index in [1.807, 2.05) is 0 Å². The highest BCUT2D eigenvalue weighted by atomic mass is 16.2. The van der Waals surface area contributed by atoms with E-state index >= 15 is 0 Å². The van der Waals surface area contributed by atoms with Gasteiger partial charge in [0.15, 0.2) is 13.5 Å². The Balaban J connectivity index is 1.94. The van der Waals surface area contributed by atoms with E-state index in [-0.39, 0.29) is 5.41 Å². The molecule has 0 aromatic heterocycles. The number of hydrogen-bond acceptors (Lipinski definition) is 1. The third-order valence-electron chi connectivity index (χ3n) is 5.16. The molecule has 1 N–H and O–H groups in total. The molecule has 0 unspecified atom stereocenters. The molecule has 0 fully saturated rings. The Hall–Kier alpha value is -1.80. The normalized spacial score (nSPS) is 16.1. The van der Waals surface area contributed by atoms with E-state index in [2.05, 4.69) is 61.7 Å². The van der Waals surface area contributed by atoms with Crippen LogP contribution in [-0.4, -0.2) is 28.5 Å². The minimum atomic E-state index is -0.0265. The lowest BCUT2D eigenvalue weighted by molar-refractivity contribution is -0.438. The Morgan fingerprint density at radius 3 is 2.52 bits per heavy atom. The summed E-state index contributed by atoms with van der Waals surface area (Å²) in [4.78, 5) is 0. The van der Waals surface area contributed by atoms with Crippen LogP contribution in [0.4, 0.5) is 5.69 Å². The summed E-state index contributed by atoms with van der Waals surface area (Å²) >= 11 is 0. The van der Waals surface area contributed by atoms with Crippen LogP contribution in [0.15, 0.2) is 36.4 Å². The van der Waals surface area contributed by atoms with Gasteiger partial charge in [0.05, 0.1) is 5.56 Å². The summed E-state index contributed by atoms with van der Waals surface area (Å²) in [5.74, 6) is 0. The Kier molecular flexibility index (Phi) is 4.45. The van der Waals surface area contributed by atoms with Crippen molar-refractivity contribution in [1.82, 2.24) is 0 Å². The van der Waals surface area contributed by atoms with Crippen molar-refractivity contribution in [3.05, 3.63) is 48.9 Å². The molecule has 120 valence electrons. The minimum Gasteiger partial charge on any atom is -0.396 e. The SMILES string of the molecule is [CH2+]C1=[N+](CCCCCCO)c2ccc3ccccc3c2C1(C)C. The predicted molar refractivity (Wildman–Crippen MR) is 97.7 cm³/mol. The largest absolute Gasteiger partial charge is 0.396 e. The number of rotatable bonds is 6. The fourth-order valence-electron chi connectivity index (χ4n) is 3.76. The second-order valence-corrected chi connectivity index (χ2v) is 7.04. The molecular weight excluding hydrogens is 282 g/mol. The van der Waals surface area contributed by atoms with Gasteiger partial charge in [-0.05, 0) is 43.5 Å². The first-order chi connectivity index (χ1) is 11.1. The average Bonchev–Trinajstić information content (AvgIpc) is 2.75. The van der Waals surface area contributed by atoms with Gasteiger partial charge in [0, 0.05) is 19.1 Å². The monoisotopic (exact) mass is 309 g/mol. The first-order valence-corrected chi connectivity index (χ1v) is 8.67. The van der Waals surface area contributed by atoms with Gasteiger partial charge >= 0.3 is 5.71 Å². The fourth-order valence-corrected chi connectivity index (χ4v) is 3.76. The number of hydrogen-bond donors (Lipinski definition) is 1. The van der Waals surface area contributed by atoms with Crippen molar-refractivity contribution in [3.8, 4) is 0 Å². The number of nitrogens with zero attached hydrogens (tertiary/aromatic N) is 1. The van der Waals surface area contributed by atoms with E-state index in [0.717, 1.165) is 32.2 Å². The Morgan fingerprint density at radius 2 is 1.74 bits per heavy atom. The maximum Gasteiger partial charge on any atom is 0.341 e. The quantitative estimate of drug-likeness (QED) is 0.470. The standard InChI is InChI=1S/C21H27NO/c1-16-21(2,3)20-18-11-7-6-10-17(18)12-13-19(20)22(16)14-8-4-5-9-15-23/h6-7,10-13,23H,1,4-5,8-9,14-15H2,2-3H3/q+2. The van der Waals surface area contributed by atoms with Crippen LogP contribution in [0.5, 0.6) is 0 Å². The van der Waals surface area contributed by atoms with Crippen molar-refractivity contribution in [1.29, 1.82) is 0 Å². The summed E-state index contributed by atoms with van der Waals surface area (Å²) in [5, 5.41) is 11.5. The van der Waals surface area contributed by atoms with Gasteiger partial charge in [0.1, 0.15) is 5.41 Å². The summed E-state index contributed by atoms with van der Waals surface area (Å²) in [6.07, 6.45) is 4.31. The molecule has 23 heavy (non-hydrogen) atoms. The molecule has 0 saturated heterocycles. The van der Waals surface area contributed by atoms with Crippen LogP contribution in [0.3, 0.4) is 0 Å². The van der Waals surface area contributed by atoms with Crippen molar-refractivity contribution in [2.24, 2.45) is 0 Å². The molecule has 2 aromatic carbocycles. The molecular formula is C21H27NO+2. The molecule has 0 radical (unpaired) electrons. The summed E-state index contributed by atoms with van der Waals surface area (Å²) in [6.45, 7) is 10.3. The first-order valence-electron chi connectivity index (χ1n) is 8.67. The summed E-state index contributed by atoms with van der Waals surface area (Å²) in [7, 11) is 0. The summed E-state index contributed by atoms with van der Waals surface area (Å²) in [5.41, 5.74) is 3.91. The van der Waals surface area contributed by atoms with Crippen LogP contribution in [0.2, 0.25) is 0 Å². The molecule has 1 aliphatic heterocycles. The highest BCUT2D eigenvalue weighted by molar-refractivity contribution is 6.04. The van der Waals surface area contributed by atoms with Crippen LogP contribution in [0, 0.1) is 6.92 Å². The third kappa shape index (κ3) is 2.76. The van der Waals surface area contributed by atoms with Crippen molar-refractivity contribution in [3.63, 3.8) is 0 Å². The molecule has 2 nitrogen and oxygen atoms in total. The third-order valence-corrected chi connectivity index (χ3v) is 5.16. The maximum absolute atomic E-state index is 8.89. The molecule has 0 aliphatic carbocycles. The molecule has 0 saturated carbocycles. The number of benzene rings is 2. The van der Waals surface area contributed by atoms with E-state index in [4.69, 9.17) is 5.11 Å². The van der Waals surface area contributed by atoms with Gasteiger partial charge in [-0.3, -0.25) is 0 Å². The molecule has 2 aromatic rings. The highest BCUT2D eigenvalue weighted by Crippen LogP contribution is 2.43. The van der Waals surface area contributed by atoms with E-state index in [0.29, 0.717) is 6.61 Å². The fraction of sp³-hybridized carbons (Fsp3) is 0.429.